The van der Waals surface area contributed by atoms with Crippen LogP contribution in [0.2, 0.25) is 0 Å². The van der Waals surface area contributed by atoms with Crippen LogP contribution in [0, 0.1) is 0 Å². The first-order chi connectivity index (χ1) is 9.04. The lowest BCUT2D eigenvalue weighted by Gasteiger charge is -2.13. The second-order valence-electron chi connectivity index (χ2n) is 3.94. The molecule has 3 amide bonds. The van der Waals surface area contributed by atoms with Crippen molar-refractivity contribution in [1.29, 1.82) is 0 Å². The minimum Gasteiger partial charge on any atom is -0.496 e. The highest BCUT2D eigenvalue weighted by atomic mass is 16.5. The minimum atomic E-state index is -1.25. The molecule has 1 aromatic carbocycles. The summed E-state index contributed by atoms with van der Waals surface area (Å²) in [6, 6.07) is 5.11. The molecular formula is C12H12N2O5. The van der Waals surface area contributed by atoms with E-state index in [4.69, 9.17) is 9.84 Å². The highest BCUT2D eigenvalue weighted by molar-refractivity contribution is 6.06. The standard InChI is InChI=1S/C12H12N2O5/c1-19-8-5-3-2-4-7(8)10-11(17)14(6-9(15)16)12(18)13-10/h2-5,10H,6H2,1H3,(H,13,18)(H,15,16). The molecule has 1 atom stereocenters. The number of carboxylic acids is 1. The number of methoxy groups -OCH3 is 1. The van der Waals surface area contributed by atoms with Crippen molar-refractivity contribution in [3.8, 4) is 5.75 Å². The highest BCUT2D eigenvalue weighted by Crippen LogP contribution is 2.29. The average Bonchev–Trinajstić information content (AvgIpc) is 2.66. The zero-order valence-electron chi connectivity index (χ0n) is 10.1. The summed E-state index contributed by atoms with van der Waals surface area (Å²) in [6.07, 6.45) is 0. The topological polar surface area (TPSA) is 95.9 Å². The molecule has 1 saturated heterocycles. The first-order valence-corrected chi connectivity index (χ1v) is 5.51. The number of benzene rings is 1. The van der Waals surface area contributed by atoms with Gasteiger partial charge in [0.2, 0.25) is 0 Å². The largest absolute Gasteiger partial charge is 0.496 e. The Bertz CT molecular complexity index is 543. The van der Waals surface area contributed by atoms with Gasteiger partial charge in [-0.2, -0.15) is 0 Å². The Morgan fingerprint density at radius 3 is 2.74 bits per heavy atom. The van der Waals surface area contributed by atoms with E-state index in [0.29, 0.717) is 16.2 Å². The van der Waals surface area contributed by atoms with Crippen molar-refractivity contribution >= 4 is 17.9 Å². The number of para-hydroxylation sites is 1. The predicted octanol–water partition coefficient (Wildman–Crippen LogP) is 0.373. The van der Waals surface area contributed by atoms with Crippen molar-refractivity contribution in [2.45, 2.75) is 6.04 Å². The molecule has 7 nitrogen and oxygen atoms in total. The number of nitrogens with zero attached hydrogens (tertiary/aromatic N) is 1. The lowest BCUT2D eigenvalue weighted by Crippen LogP contribution is -2.35. The summed E-state index contributed by atoms with van der Waals surface area (Å²) in [4.78, 5) is 34.9. The van der Waals surface area contributed by atoms with Crippen molar-refractivity contribution < 1.29 is 24.2 Å². The molecule has 1 aliphatic heterocycles. The fraction of sp³-hybridized carbons (Fsp3) is 0.250. The number of carboxylic acid groups (broad SMARTS) is 1. The van der Waals surface area contributed by atoms with E-state index in [1.807, 2.05) is 0 Å². The molecule has 0 aliphatic carbocycles. The molecular weight excluding hydrogens is 252 g/mol. The molecule has 0 spiro atoms. The number of carbonyl (C=O) groups is 3. The van der Waals surface area contributed by atoms with Gasteiger partial charge in [0, 0.05) is 5.56 Å². The Kier molecular flexibility index (Phi) is 3.37. The van der Waals surface area contributed by atoms with E-state index in [0.717, 1.165) is 0 Å². The maximum Gasteiger partial charge on any atom is 0.325 e. The van der Waals surface area contributed by atoms with Crippen LogP contribution < -0.4 is 10.1 Å². The quantitative estimate of drug-likeness (QED) is 0.766. The van der Waals surface area contributed by atoms with Crippen molar-refractivity contribution in [1.82, 2.24) is 10.2 Å². The molecule has 1 fully saturated rings. The number of urea groups is 1. The molecule has 7 heteroatoms. The van der Waals surface area contributed by atoms with Crippen LogP contribution in [0.5, 0.6) is 5.75 Å². The van der Waals surface area contributed by atoms with E-state index in [-0.39, 0.29) is 0 Å². The monoisotopic (exact) mass is 264 g/mol. The molecule has 0 aromatic heterocycles. The van der Waals surface area contributed by atoms with Crippen LogP contribution in [0.4, 0.5) is 4.79 Å². The Hall–Kier alpha value is -2.57. The third kappa shape index (κ3) is 2.35. The van der Waals surface area contributed by atoms with Gasteiger partial charge < -0.3 is 15.2 Å². The van der Waals surface area contributed by atoms with E-state index in [1.165, 1.54) is 7.11 Å². The summed E-state index contributed by atoms with van der Waals surface area (Å²) >= 11 is 0. The van der Waals surface area contributed by atoms with E-state index < -0.39 is 30.5 Å². The first kappa shape index (κ1) is 12.9. The van der Waals surface area contributed by atoms with Gasteiger partial charge in [0.05, 0.1) is 7.11 Å². The van der Waals surface area contributed by atoms with Crippen LogP contribution in [0.25, 0.3) is 0 Å². The lowest BCUT2D eigenvalue weighted by atomic mass is 10.1. The molecule has 19 heavy (non-hydrogen) atoms. The molecule has 0 saturated carbocycles. The van der Waals surface area contributed by atoms with E-state index in [2.05, 4.69) is 5.32 Å². The Morgan fingerprint density at radius 1 is 1.42 bits per heavy atom. The number of nitrogens with one attached hydrogen (secondary N) is 1. The summed E-state index contributed by atoms with van der Waals surface area (Å²) in [6.45, 7) is -0.656. The number of hydrogen-bond acceptors (Lipinski definition) is 4. The van der Waals surface area contributed by atoms with Gasteiger partial charge in [0.25, 0.3) is 5.91 Å². The molecule has 2 rings (SSSR count). The van der Waals surface area contributed by atoms with Crippen molar-refractivity contribution in [3.05, 3.63) is 29.8 Å². The zero-order chi connectivity index (χ0) is 14.0. The van der Waals surface area contributed by atoms with Crippen LogP contribution in [0.3, 0.4) is 0 Å². The van der Waals surface area contributed by atoms with Gasteiger partial charge in [-0.1, -0.05) is 18.2 Å². The third-order valence-electron chi connectivity index (χ3n) is 2.77. The molecule has 0 bridgehead atoms. The summed E-state index contributed by atoms with van der Waals surface area (Å²) < 4.78 is 5.12. The molecule has 2 N–H and O–H groups in total. The van der Waals surface area contributed by atoms with E-state index in [1.54, 1.807) is 24.3 Å². The number of rotatable bonds is 4. The van der Waals surface area contributed by atoms with Crippen LogP contribution in [0.15, 0.2) is 24.3 Å². The molecule has 1 aromatic rings. The van der Waals surface area contributed by atoms with Crippen LogP contribution in [-0.2, 0) is 9.59 Å². The number of amides is 3. The molecule has 100 valence electrons. The minimum absolute atomic E-state index is 0.457. The fourth-order valence-corrected chi connectivity index (χ4v) is 1.92. The normalized spacial score (nSPS) is 18.4. The lowest BCUT2D eigenvalue weighted by molar-refractivity contribution is -0.141. The summed E-state index contributed by atoms with van der Waals surface area (Å²) in [5.41, 5.74) is 0.497. The van der Waals surface area contributed by atoms with Gasteiger partial charge in [0.1, 0.15) is 18.3 Å². The predicted molar refractivity (Wildman–Crippen MR) is 63.6 cm³/mol. The van der Waals surface area contributed by atoms with Crippen molar-refractivity contribution in [2.75, 3.05) is 13.7 Å². The molecule has 1 aliphatic rings. The SMILES string of the molecule is COc1ccccc1C1NC(=O)N(CC(=O)O)C1=O. The van der Waals surface area contributed by atoms with Crippen LogP contribution in [0.1, 0.15) is 11.6 Å². The smallest absolute Gasteiger partial charge is 0.325 e. The Morgan fingerprint density at radius 2 is 2.11 bits per heavy atom. The maximum atomic E-state index is 12.0. The van der Waals surface area contributed by atoms with Crippen molar-refractivity contribution in [3.63, 3.8) is 0 Å². The number of hydrogen-bond donors (Lipinski definition) is 2. The number of imide groups is 1. The molecule has 0 radical (unpaired) electrons. The zero-order valence-corrected chi connectivity index (χ0v) is 10.1. The van der Waals surface area contributed by atoms with Gasteiger partial charge in [0.15, 0.2) is 0 Å². The summed E-state index contributed by atoms with van der Waals surface area (Å²) in [7, 11) is 1.45. The fourth-order valence-electron chi connectivity index (χ4n) is 1.92. The number of aliphatic carboxylic acids is 1. The van der Waals surface area contributed by atoms with Gasteiger partial charge in [-0.3, -0.25) is 14.5 Å². The van der Waals surface area contributed by atoms with E-state index in [9.17, 15) is 14.4 Å². The van der Waals surface area contributed by atoms with Gasteiger partial charge in [-0.05, 0) is 6.07 Å². The van der Waals surface area contributed by atoms with Gasteiger partial charge >= 0.3 is 12.0 Å². The van der Waals surface area contributed by atoms with Gasteiger partial charge in [-0.15, -0.1) is 0 Å². The Labute approximate surface area is 108 Å². The Balaban J connectivity index is 2.30. The maximum absolute atomic E-state index is 12.0. The second kappa shape index (κ2) is 4.97. The summed E-state index contributed by atoms with van der Waals surface area (Å²) in [5, 5.41) is 11.1. The van der Waals surface area contributed by atoms with Crippen LogP contribution >= 0.6 is 0 Å². The van der Waals surface area contributed by atoms with Gasteiger partial charge in [-0.25, -0.2) is 4.79 Å². The third-order valence-corrected chi connectivity index (χ3v) is 2.77. The average molecular weight is 264 g/mol. The second-order valence-corrected chi connectivity index (χ2v) is 3.94. The van der Waals surface area contributed by atoms with Crippen LogP contribution in [-0.4, -0.2) is 41.6 Å². The molecule has 1 heterocycles. The van der Waals surface area contributed by atoms with Crippen molar-refractivity contribution in [2.24, 2.45) is 0 Å². The highest BCUT2D eigenvalue weighted by Gasteiger charge is 2.40. The summed E-state index contributed by atoms with van der Waals surface area (Å²) in [5.74, 6) is -1.39. The molecule has 1 unspecified atom stereocenters. The first-order valence-electron chi connectivity index (χ1n) is 5.51. The number of ether oxygens (including phenoxy) is 1. The van der Waals surface area contributed by atoms with E-state index >= 15 is 0 Å². The number of carbonyl (C=O) groups excluding carboxylic acids is 2.